The van der Waals surface area contributed by atoms with E-state index in [0.717, 1.165) is 306 Å². The molecule has 8 saturated heterocycles. The summed E-state index contributed by atoms with van der Waals surface area (Å²) in [5.41, 5.74) is 20.1. The van der Waals surface area contributed by atoms with Gasteiger partial charge in [-0.15, -0.1) is 0 Å². The van der Waals surface area contributed by atoms with Crippen LogP contribution in [0.1, 0.15) is 165 Å². The van der Waals surface area contributed by atoms with E-state index in [0.29, 0.717) is 69.6 Å². The summed E-state index contributed by atoms with van der Waals surface area (Å²) in [6, 6.07) is 43.9. The van der Waals surface area contributed by atoms with Crippen molar-refractivity contribution in [3.63, 3.8) is 0 Å². The minimum atomic E-state index is -0.839. The van der Waals surface area contributed by atoms with Crippen molar-refractivity contribution in [3.05, 3.63) is 233 Å². The Balaban J connectivity index is 0.000000167. The van der Waals surface area contributed by atoms with Crippen molar-refractivity contribution in [3.8, 4) is 0 Å². The summed E-state index contributed by atoms with van der Waals surface area (Å²) < 4.78 is 43.5. The van der Waals surface area contributed by atoms with Gasteiger partial charge in [0.15, 0.2) is 0 Å². The lowest BCUT2D eigenvalue weighted by Crippen LogP contribution is -2.38. The lowest BCUT2D eigenvalue weighted by molar-refractivity contribution is 0.0341. The van der Waals surface area contributed by atoms with Crippen LogP contribution in [0.15, 0.2) is 149 Å². The molecule has 8 aliphatic heterocycles. The second-order valence-corrected chi connectivity index (χ2v) is 39.5. The van der Waals surface area contributed by atoms with E-state index in [1.54, 1.807) is 30.3 Å². The molecular weight excluding hydrogens is 1830 g/mol. The molecule has 5 atom stereocenters. The molecule has 1 amide bonds. The number of anilines is 6. The molecule has 0 aliphatic carbocycles. The van der Waals surface area contributed by atoms with Crippen LogP contribution in [-0.4, -0.2) is 363 Å². The third-order valence-electron chi connectivity index (χ3n) is 26.9. The minimum absolute atomic E-state index is 0.0743. The number of aldehydes is 2. The molecule has 144 heavy (non-hydrogen) atoms. The van der Waals surface area contributed by atoms with Crippen LogP contribution in [-0.2, 0) is 48.1 Å². The number of amides is 1. The van der Waals surface area contributed by atoms with Crippen molar-refractivity contribution in [1.82, 2.24) is 54.5 Å². The number of carbonyl (C=O) groups excluding carboxylic acids is 6. The van der Waals surface area contributed by atoms with Crippen LogP contribution < -0.4 is 47.1 Å². The highest BCUT2D eigenvalue weighted by atomic mass is 19.1. The van der Waals surface area contributed by atoms with Gasteiger partial charge in [0.1, 0.15) is 18.4 Å². The Hall–Kier alpha value is -11.9. The predicted molar refractivity (Wildman–Crippen MR) is 568 cm³/mol. The van der Waals surface area contributed by atoms with Crippen LogP contribution in [0.2, 0.25) is 0 Å². The third-order valence-corrected chi connectivity index (χ3v) is 26.9. The van der Waals surface area contributed by atoms with Crippen molar-refractivity contribution < 1.29 is 71.5 Å². The van der Waals surface area contributed by atoms with Gasteiger partial charge in [-0.05, 0) is 292 Å². The number of esters is 3. The summed E-state index contributed by atoms with van der Waals surface area (Å²) in [4.78, 5) is 138. The topological polar surface area (TPSA) is 350 Å². The molecule has 0 saturated carbocycles. The van der Waals surface area contributed by atoms with Crippen LogP contribution in [0.3, 0.4) is 0 Å². The molecule has 780 valence electrons. The molecule has 2 aromatic heterocycles. The number of benzene rings is 7. The minimum Gasteiger partial charge on any atom is -0.478 e. The molecule has 7 N–H and O–H groups in total. The van der Waals surface area contributed by atoms with E-state index in [2.05, 4.69) is 177 Å². The number of carboxylic acid groups (broad SMARTS) is 1. The first-order valence-electron chi connectivity index (χ1n) is 50.2. The predicted octanol–water partition coefficient (Wildman–Crippen LogP) is 12.0. The Morgan fingerprint density at radius 2 is 0.778 bits per heavy atom. The number of aromatic carboxylic acids is 1. The summed E-state index contributed by atoms with van der Waals surface area (Å²) in [7, 11) is 24.9. The number of likely N-dealkylation sites (N-methyl/N-ethyl adjacent to an activating group) is 5. The number of carboxylic acids is 1. The second-order valence-electron chi connectivity index (χ2n) is 39.5. The van der Waals surface area contributed by atoms with Gasteiger partial charge < -0.3 is 104 Å². The Kier molecular flexibility index (Phi) is 43.7. The Morgan fingerprint density at radius 3 is 1.17 bits per heavy atom. The monoisotopic (exact) mass is 1990 g/mol. The first-order chi connectivity index (χ1) is 69.2. The standard InChI is InChI=1S/C29H37N5O3.C20H31N3O3.C19H29N3O3.C16H22N2O3.C10H10N2O.C9H7FO3.C7H16N2/c1-20-15-28(35)31-26-8-7-22(17-24(20)26)30-29(36)25-16-21(18-33-11-13-37-14-12-33)6-9-27(25)34-10-4-5-23(34)19-32(2)3;1-21(2)15-17-5-4-8-23(17)19-7-6-16(13-18(19)20(24)25-3)14-22-9-11-26-12-10-22;1-20(2)14-16-4-3-7-22(16)18-6-5-15(12-17(18)19(23)24)13-21-8-10-25-11-9-21;1-17(2)10-13-5-4-8-18(13)15-7-6-12(11-19)9-14(15)16(20)21-3;1-6-4-10(13)12-9-3-2-7(11)5-8(6)9;1-13-9(12)7-4-6(5-11)2-3-8(7)10;1-9(2)6-7-4-3-5-8-7/h6-9,15-17,23H,4-5,10-14,18-19H2,1-3H3,(H,30,36)(H,31,35);6-7,13,17H,4-5,8-12,14-15H2,1-3H3;5-6,12,16H,3-4,7-11,13-14H2,1-2H3,(H,23,24);6-7,9,11,13H,4-5,8,10H2,1-3H3;2-5H,11H2,1H3,(H,12,13);2-5H,1H3;7-8H,3-6H2,1-2H3. The van der Waals surface area contributed by atoms with Crippen LogP contribution in [0.5, 0.6) is 0 Å². The Labute approximate surface area is 847 Å². The Bertz CT molecular complexity index is 5850. The molecule has 0 spiro atoms. The smallest absolute Gasteiger partial charge is 0.340 e. The van der Waals surface area contributed by atoms with Crippen LogP contribution >= 0.6 is 0 Å². The molecule has 0 radical (unpaired) electrons. The highest BCUT2D eigenvalue weighted by Crippen LogP contribution is 2.37. The number of nitrogens with zero attached hydrogens (tertiary/aromatic N) is 12. The number of ether oxygens (including phenoxy) is 6. The molecule has 8 fully saturated rings. The fraction of sp³-hybridized carbons (Fsp3) is 0.500. The fourth-order valence-corrected chi connectivity index (χ4v) is 20.1. The number of aryl methyl sites for hydroxylation is 2. The number of aromatic amines is 2. The number of H-pyrrole nitrogens is 2. The van der Waals surface area contributed by atoms with Crippen molar-refractivity contribution in [2.45, 2.75) is 128 Å². The molecule has 5 unspecified atom stereocenters. The molecule has 9 aromatic rings. The number of carbonyl (C=O) groups is 7. The number of halogens is 1. The number of aromatic nitrogens is 2. The molecule has 17 rings (SSSR count). The molecule has 0 bridgehead atoms. The molecular formula is C110H152FN17O16. The van der Waals surface area contributed by atoms with Gasteiger partial charge >= 0.3 is 23.9 Å². The third kappa shape index (κ3) is 33.1. The number of methoxy groups -OCH3 is 3. The highest BCUT2D eigenvalue weighted by Gasteiger charge is 2.35. The number of nitrogens with two attached hydrogens (primary N) is 1. The molecule has 7 aromatic carbocycles. The van der Waals surface area contributed by atoms with Gasteiger partial charge in [0.05, 0.1) is 106 Å². The largest absolute Gasteiger partial charge is 0.478 e. The van der Waals surface area contributed by atoms with Gasteiger partial charge in [-0.25, -0.2) is 23.6 Å². The number of nitrogens with one attached hydrogen (secondary N) is 4. The maximum atomic E-state index is 13.8. The van der Waals surface area contributed by atoms with Gasteiger partial charge in [-0.3, -0.25) is 38.7 Å². The van der Waals surface area contributed by atoms with Crippen LogP contribution in [0, 0.1) is 19.7 Å². The van der Waals surface area contributed by atoms with Gasteiger partial charge in [0.25, 0.3) is 5.91 Å². The lowest BCUT2D eigenvalue weighted by atomic mass is 10.0. The van der Waals surface area contributed by atoms with Crippen LogP contribution in [0.4, 0.5) is 38.5 Å². The first-order valence-corrected chi connectivity index (χ1v) is 50.2. The first kappa shape index (κ1) is 112. The van der Waals surface area contributed by atoms with Gasteiger partial charge in [-0.2, -0.15) is 0 Å². The van der Waals surface area contributed by atoms with Crippen molar-refractivity contribution >= 4 is 98.3 Å². The number of nitrogen functional groups attached to an aromatic ring is 1. The molecule has 33 nitrogen and oxygen atoms in total. The summed E-state index contributed by atoms with van der Waals surface area (Å²) in [6.45, 7) is 26.3. The molecule has 8 aliphatic rings. The van der Waals surface area contributed by atoms with Crippen molar-refractivity contribution in [2.75, 3.05) is 267 Å². The summed E-state index contributed by atoms with van der Waals surface area (Å²) in [5, 5.41) is 18.3. The zero-order valence-corrected chi connectivity index (χ0v) is 87.0. The average Bonchev–Trinajstić information content (AvgIpc) is 1.36. The number of hydrogen-bond acceptors (Lipinski definition) is 29. The Morgan fingerprint density at radius 1 is 0.424 bits per heavy atom. The van der Waals surface area contributed by atoms with E-state index in [1.807, 2.05) is 82.5 Å². The van der Waals surface area contributed by atoms with E-state index in [1.165, 1.54) is 46.2 Å². The SMILES string of the molecule is CN(C)CC1CCCN1.CN(C)CC1CCCN1c1ccc(CN2CCOCC2)cc1C(=O)O.COC(=O)c1cc(C=O)ccc1F.COC(=O)c1cc(C=O)ccc1N1CCCC1CN(C)C.COC(=O)c1cc(CN2CCOCC2)ccc1N1CCCC1CN(C)C.Cc1cc(=O)[nH]c2ccc(N)cc12.Cc1cc(=O)[nH]c2ccc(NC(=O)c3cc(CN4CCOCC4)ccc3N3CCCC3CN(C)C)cc12. The zero-order chi connectivity index (χ0) is 104. The molecule has 10 heterocycles. The number of hydrogen-bond donors (Lipinski definition) is 6. The fourth-order valence-electron chi connectivity index (χ4n) is 20.1. The quantitative estimate of drug-likeness (QED) is 0.0115. The number of pyridine rings is 2. The highest BCUT2D eigenvalue weighted by molar-refractivity contribution is 6.09. The number of morpholine rings is 3. The zero-order valence-electron chi connectivity index (χ0n) is 87.0. The summed E-state index contributed by atoms with van der Waals surface area (Å²) in [6.07, 6.45) is 13.0. The van der Waals surface area contributed by atoms with Crippen molar-refractivity contribution in [2.24, 2.45) is 0 Å². The summed E-state index contributed by atoms with van der Waals surface area (Å²) >= 11 is 0. The number of fused-ring (bicyclic) bond motifs is 2. The maximum Gasteiger partial charge on any atom is 0.340 e. The van der Waals surface area contributed by atoms with E-state index in [-0.39, 0.29) is 34.1 Å². The van der Waals surface area contributed by atoms with Crippen molar-refractivity contribution in [1.29, 1.82) is 0 Å². The number of rotatable bonds is 28. The van der Waals surface area contributed by atoms with E-state index < -0.39 is 23.7 Å². The van der Waals surface area contributed by atoms with Gasteiger partial charge in [-0.1, -0.05) is 18.2 Å². The summed E-state index contributed by atoms with van der Waals surface area (Å²) in [5.74, 6) is -3.09. The van der Waals surface area contributed by atoms with Gasteiger partial charge in [0, 0.05) is 210 Å². The van der Waals surface area contributed by atoms with Gasteiger partial charge in [0.2, 0.25) is 11.1 Å². The van der Waals surface area contributed by atoms with E-state index in [9.17, 15) is 52.6 Å². The second kappa shape index (κ2) is 56.0. The average molecular weight is 1990 g/mol. The molecule has 34 heteroatoms. The van der Waals surface area contributed by atoms with E-state index >= 15 is 0 Å². The normalized spacial score (nSPS) is 18.6. The lowest BCUT2D eigenvalue weighted by Gasteiger charge is -2.31. The maximum absolute atomic E-state index is 13.8. The van der Waals surface area contributed by atoms with Crippen LogP contribution in [0.25, 0.3) is 21.8 Å². The van der Waals surface area contributed by atoms with E-state index in [4.69, 9.17) is 29.4 Å².